The van der Waals surface area contributed by atoms with Gasteiger partial charge in [0.15, 0.2) is 0 Å². The first kappa shape index (κ1) is 20.2. The number of rotatable bonds is 8. The number of carbonyl (C=O) groups excluding carboxylic acids is 2. The van der Waals surface area contributed by atoms with E-state index in [-0.39, 0.29) is 23.9 Å². The van der Waals surface area contributed by atoms with Gasteiger partial charge in [0.1, 0.15) is 5.82 Å². The number of aromatic nitrogens is 3. The van der Waals surface area contributed by atoms with Crippen LogP contribution in [-0.2, 0) is 20.9 Å². The number of hydrogen-bond acceptors (Lipinski definition) is 8. The monoisotopic (exact) mass is 373 g/mol. The fourth-order valence-electron chi connectivity index (χ4n) is 2.28. The zero-order valence-corrected chi connectivity index (χ0v) is 15.8. The second-order valence-corrected chi connectivity index (χ2v) is 5.96. The molecule has 1 unspecified atom stereocenters. The number of carbonyl (C=O) groups is 2. The summed E-state index contributed by atoms with van der Waals surface area (Å²) < 4.78 is 10.4. The first-order valence-electron chi connectivity index (χ1n) is 8.39. The van der Waals surface area contributed by atoms with Gasteiger partial charge >= 0.3 is 5.97 Å². The molecule has 9 heteroatoms. The van der Waals surface area contributed by atoms with Crippen molar-refractivity contribution in [3.8, 4) is 0 Å². The first-order valence-corrected chi connectivity index (χ1v) is 8.39. The van der Waals surface area contributed by atoms with Crippen LogP contribution in [0.5, 0.6) is 0 Å². The molecule has 0 spiro atoms. The molecule has 0 bridgehead atoms. The van der Waals surface area contributed by atoms with Crippen LogP contribution < -0.4 is 10.6 Å². The number of amides is 1. The molecule has 2 rings (SSSR count). The molecule has 1 amide bonds. The topological polar surface area (TPSA) is 115 Å². The van der Waals surface area contributed by atoms with Gasteiger partial charge in [0.05, 0.1) is 25.9 Å². The average Bonchev–Trinajstić information content (AvgIpc) is 2.60. The molecule has 0 fully saturated rings. The van der Waals surface area contributed by atoms with Crippen LogP contribution in [0.25, 0.3) is 0 Å². The quantitative estimate of drug-likeness (QED) is 0.675. The second-order valence-electron chi connectivity index (χ2n) is 5.96. The summed E-state index contributed by atoms with van der Waals surface area (Å²) >= 11 is 0. The number of benzene rings is 1. The van der Waals surface area contributed by atoms with E-state index >= 15 is 0 Å². The number of nitrogens with zero attached hydrogens (tertiary/aromatic N) is 3. The summed E-state index contributed by atoms with van der Waals surface area (Å²) in [6.07, 6.45) is 0. The van der Waals surface area contributed by atoms with Crippen LogP contribution in [0.3, 0.4) is 0 Å². The molecule has 0 aliphatic heterocycles. The minimum Gasteiger partial charge on any atom is -0.465 e. The lowest BCUT2D eigenvalue weighted by Gasteiger charge is -2.15. The first-order chi connectivity index (χ1) is 12.9. The fourth-order valence-corrected chi connectivity index (χ4v) is 2.28. The lowest BCUT2D eigenvalue weighted by atomic mass is 10.1. The molecule has 9 nitrogen and oxygen atoms in total. The second kappa shape index (κ2) is 9.58. The van der Waals surface area contributed by atoms with Crippen LogP contribution >= 0.6 is 0 Å². The Balaban J connectivity index is 1.88. The van der Waals surface area contributed by atoms with Gasteiger partial charge < -0.3 is 14.8 Å². The molecule has 0 aliphatic carbocycles. The summed E-state index contributed by atoms with van der Waals surface area (Å²) in [5.41, 5.74) is 1.35. The van der Waals surface area contributed by atoms with E-state index in [1.165, 1.54) is 14.0 Å². The molecule has 0 radical (unpaired) electrons. The highest BCUT2D eigenvalue weighted by Gasteiger charge is 2.10. The van der Waals surface area contributed by atoms with Gasteiger partial charge in [-0.3, -0.25) is 10.1 Å². The lowest BCUT2D eigenvalue weighted by Crippen LogP contribution is -2.24. The normalized spacial score (nSPS) is 11.6. The van der Waals surface area contributed by atoms with Gasteiger partial charge in [-0.1, -0.05) is 12.1 Å². The Morgan fingerprint density at radius 2 is 1.93 bits per heavy atom. The van der Waals surface area contributed by atoms with Crippen LogP contribution in [0.4, 0.5) is 11.9 Å². The molecule has 2 aromatic rings. The van der Waals surface area contributed by atoms with Crippen LogP contribution in [0.15, 0.2) is 24.3 Å². The molecule has 1 atom stereocenters. The summed E-state index contributed by atoms with van der Waals surface area (Å²) in [5, 5.41) is 5.64. The van der Waals surface area contributed by atoms with Gasteiger partial charge in [-0.25, -0.2) is 4.79 Å². The van der Waals surface area contributed by atoms with Gasteiger partial charge in [-0.2, -0.15) is 15.0 Å². The number of methoxy groups -OCH3 is 1. The summed E-state index contributed by atoms with van der Waals surface area (Å²) in [7, 11) is 1.35. The zero-order valence-electron chi connectivity index (χ0n) is 15.8. The molecule has 1 heterocycles. The van der Waals surface area contributed by atoms with E-state index in [4.69, 9.17) is 9.47 Å². The van der Waals surface area contributed by atoms with E-state index in [0.29, 0.717) is 30.5 Å². The largest absolute Gasteiger partial charge is 0.465 e. The minimum atomic E-state index is -0.382. The van der Waals surface area contributed by atoms with Crippen molar-refractivity contribution in [3.05, 3.63) is 41.2 Å². The third-order valence-electron chi connectivity index (χ3n) is 3.40. The van der Waals surface area contributed by atoms with Crippen LogP contribution in [0, 0.1) is 6.92 Å². The Bertz CT molecular complexity index is 812. The highest BCUT2D eigenvalue weighted by Crippen LogP contribution is 2.10. The predicted octanol–water partition coefficient (Wildman–Crippen LogP) is 1.94. The van der Waals surface area contributed by atoms with Crippen molar-refractivity contribution in [2.75, 3.05) is 24.4 Å². The van der Waals surface area contributed by atoms with Crippen molar-refractivity contribution in [3.63, 3.8) is 0 Å². The van der Waals surface area contributed by atoms with E-state index in [0.717, 1.165) is 5.56 Å². The third-order valence-corrected chi connectivity index (χ3v) is 3.40. The van der Waals surface area contributed by atoms with Gasteiger partial charge in [-0.15, -0.1) is 0 Å². The Kier molecular flexibility index (Phi) is 7.18. The van der Waals surface area contributed by atoms with Crippen LogP contribution in [0.2, 0.25) is 0 Å². The van der Waals surface area contributed by atoms with Gasteiger partial charge in [0.2, 0.25) is 17.8 Å². The molecule has 2 N–H and O–H groups in total. The van der Waals surface area contributed by atoms with E-state index in [9.17, 15) is 9.59 Å². The number of esters is 1. The van der Waals surface area contributed by atoms with Crippen molar-refractivity contribution in [1.29, 1.82) is 0 Å². The van der Waals surface area contributed by atoms with Crippen molar-refractivity contribution in [1.82, 2.24) is 15.0 Å². The summed E-state index contributed by atoms with van der Waals surface area (Å²) in [4.78, 5) is 35.1. The lowest BCUT2D eigenvalue weighted by molar-refractivity contribution is -0.114. The molecule has 0 saturated carbocycles. The van der Waals surface area contributed by atoms with Crippen molar-refractivity contribution in [2.24, 2.45) is 0 Å². The Labute approximate surface area is 157 Å². The van der Waals surface area contributed by atoms with Crippen molar-refractivity contribution in [2.45, 2.75) is 33.4 Å². The summed E-state index contributed by atoms with van der Waals surface area (Å²) in [5.74, 6) is 0.411. The standard InChI is InChI=1S/C18H23N5O4/c1-11(19-17-20-12(2)21-18(23-17)22-13(3)24)9-27-10-14-6-5-7-15(8-14)16(25)26-4/h5-8,11H,9-10H2,1-4H3,(H2,19,20,21,22,23,24). The van der Waals surface area contributed by atoms with Crippen LogP contribution in [-0.4, -0.2) is 46.6 Å². The number of anilines is 2. The summed E-state index contributed by atoms with van der Waals surface area (Å²) in [6, 6.07) is 7.00. The Hall–Kier alpha value is -3.07. The number of hydrogen-bond donors (Lipinski definition) is 2. The molecule has 0 aliphatic rings. The smallest absolute Gasteiger partial charge is 0.337 e. The van der Waals surface area contributed by atoms with E-state index < -0.39 is 0 Å². The molecule has 0 saturated heterocycles. The molecule has 1 aromatic carbocycles. The minimum absolute atomic E-state index is 0.0826. The van der Waals surface area contributed by atoms with Gasteiger partial charge in [-0.05, 0) is 31.5 Å². The molecule has 144 valence electrons. The van der Waals surface area contributed by atoms with Crippen LogP contribution in [0.1, 0.15) is 35.6 Å². The van der Waals surface area contributed by atoms with E-state index in [2.05, 4.69) is 25.6 Å². The van der Waals surface area contributed by atoms with Gasteiger partial charge in [0.25, 0.3) is 0 Å². The summed E-state index contributed by atoms with van der Waals surface area (Å²) in [6.45, 7) is 5.76. The molecular weight excluding hydrogens is 350 g/mol. The Morgan fingerprint density at radius 1 is 1.19 bits per heavy atom. The molecule has 1 aromatic heterocycles. The predicted molar refractivity (Wildman–Crippen MR) is 99.4 cm³/mol. The maximum Gasteiger partial charge on any atom is 0.337 e. The van der Waals surface area contributed by atoms with E-state index in [1.54, 1.807) is 25.1 Å². The maximum atomic E-state index is 11.6. The average molecular weight is 373 g/mol. The van der Waals surface area contributed by atoms with Crippen molar-refractivity contribution < 1.29 is 19.1 Å². The SMILES string of the molecule is COC(=O)c1cccc(COCC(C)Nc2nc(C)nc(NC(C)=O)n2)c1. The number of nitrogens with one attached hydrogen (secondary N) is 2. The molecule has 27 heavy (non-hydrogen) atoms. The third kappa shape index (κ3) is 6.63. The fraction of sp³-hybridized carbons (Fsp3) is 0.389. The molecular formula is C18H23N5O4. The Morgan fingerprint density at radius 3 is 2.63 bits per heavy atom. The van der Waals surface area contributed by atoms with Gasteiger partial charge in [0, 0.05) is 13.0 Å². The highest BCUT2D eigenvalue weighted by molar-refractivity contribution is 5.89. The van der Waals surface area contributed by atoms with Crippen molar-refractivity contribution >= 4 is 23.8 Å². The van der Waals surface area contributed by atoms with E-state index in [1.807, 2.05) is 13.0 Å². The maximum absolute atomic E-state index is 11.6. The number of aryl methyl sites for hydroxylation is 1. The zero-order chi connectivity index (χ0) is 19.8. The highest BCUT2D eigenvalue weighted by atomic mass is 16.5. The number of ether oxygens (including phenoxy) is 2.